The highest BCUT2D eigenvalue weighted by Crippen LogP contribution is 2.30. The Morgan fingerprint density at radius 1 is 1.33 bits per heavy atom. The fourth-order valence-electron chi connectivity index (χ4n) is 1.91. The van der Waals surface area contributed by atoms with E-state index >= 15 is 0 Å². The van der Waals surface area contributed by atoms with E-state index in [1.54, 1.807) is 6.92 Å². The average Bonchev–Trinajstić information content (AvgIpc) is 2.89. The summed E-state index contributed by atoms with van der Waals surface area (Å²) in [5.74, 6) is -1.35. The van der Waals surface area contributed by atoms with Crippen LogP contribution < -0.4 is 4.31 Å². The molecule has 2 rings (SSSR count). The van der Waals surface area contributed by atoms with Gasteiger partial charge >= 0.3 is 5.97 Å². The van der Waals surface area contributed by atoms with Crippen molar-refractivity contribution in [2.24, 2.45) is 0 Å². The zero-order chi connectivity index (χ0) is 15.6. The minimum Gasteiger partial charge on any atom is -0.508 e. The van der Waals surface area contributed by atoms with E-state index < -0.39 is 16.0 Å². The van der Waals surface area contributed by atoms with Crippen LogP contribution in [0.25, 0.3) is 0 Å². The van der Waals surface area contributed by atoms with Crippen molar-refractivity contribution in [3.05, 3.63) is 40.6 Å². The largest absolute Gasteiger partial charge is 0.508 e. The zero-order valence-electron chi connectivity index (χ0n) is 11.1. The molecule has 2 N–H and O–H groups in total. The third-order valence-corrected chi connectivity index (χ3v) is 5.77. The highest BCUT2D eigenvalue weighted by molar-refractivity contribution is 7.93. The lowest BCUT2D eigenvalue weighted by molar-refractivity contribution is 0.0698. The van der Waals surface area contributed by atoms with Crippen LogP contribution in [0.15, 0.2) is 40.6 Å². The minimum absolute atomic E-state index is 0.0649. The van der Waals surface area contributed by atoms with Gasteiger partial charge in [0.1, 0.15) is 15.5 Å². The molecule has 8 heteroatoms. The summed E-state index contributed by atoms with van der Waals surface area (Å²) in [7, 11) is -4.00. The second-order valence-corrected chi connectivity index (χ2v) is 6.86. The molecule has 112 valence electrons. The van der Waals surface area contributed by atoms with Gasteiger partial charge in [-0.05, 0) is 30.5 Å². The van der Waals surface area contributed by atoms with E-state index in [0.717, 1.165) is 15.6 Å². The number of hydrogen-bond donors (Lipinski definition) is 2. The highest BCUT2D eigenvalue weighted by atomic mass is 32.2. The Labute approximate surface area is 125 Å². The molecule has 0 aliphatic heterocycles. The fraction of sp³-hybridized carbons (Fsp3) is 0.154. The molecule has 0 unspecified atom stereocenters. The summed E-state index contributed by atoms with van der Waals surface area (Å²) in [6.07, 6.45) is 0. The summed E-state index contributed by atoms with van der Waals surface area (Å²) < 4.78 is 26.4. The molecular formula is C13H13NO5S2. The predicted octanol–water partition coefficient (Wildman–Crippen LogP) is 2.37. The van der Waals surface area contributed by atoms with Crippen LogP contribution in [0.5, 0.6) is 5.75 Å². The number of anilines is 1. The molecule has 0 bridgehead atoms. The Balaban J connectivity index is 2.55. The van der Waals surface area contributed by atoms with E-state index in [2.05, 4.69) is 0 Å². The molecule has 0 fully saturated rings. The van der Waals surface area contributed by atoms with Gasteiger partial charge in [-0.3, -0.25) is 4.31 Å². The number of nitrogens with zero attached hydrogens (tertiary/aromatic N) is 1. The predicted molar refractivity (Wildman–Crippen MR) is 79.6 cm³/mol. The van der Waals surface area contributed by atoms with Crippen LogP contribution in [0.3, 0.4) is 0 Å². The van der Waals surface area contributed by atoms with Crippen molar-refractivity contribution >= 4 is 33.0 Å². The Bertz CT molecular complexity index is 766. The van der Waals surface area contributed by atoms with Crippen LogP contribution in [0.4, 0.5) is 5.69 Å². The van der Waals surface area contributed by atoms with Gasteiger partial charge in [-0.2, -0.15) is 0 Å². The first-order valence-electron chi connectivity index (χ1n) is 6.00. The minimum atomic E-state index is -4.00. The Morgan fingerprint density at radius 2 is 2.05 bits per heavy atom. The standard InChI is InChI=1S/C13H13NO5S2/c1-2-14(9-4-3-5-10(15)8-9)21(18,19)11-6-7-20-12(11)13(16)17/h3-8,15H,2H2,1H3,(H,16,17). The number of phenolic OH excluding ortho intramolecular Hbond substituents is 1. The van der Waals surface area contributed by atoms with E-state index in [0.29, 0.717) is 0 Å². The summed E-state index contributed by atoms with van der Waals surface area (Å²) in [5.41, 5.74) is 0.278. The second kappa shape index (κ2) is 5.74. The summed E-state index contributed by atoms with van der Waals surface area (Å²) in [6, 6.07) is 7.07. The monoisotopic (exact) mass is 327 g/mol. The smallest absolute Gasteiger partial charge is 0.347 e. The molecule has 1 heterocycles. The van der Waals surface area contributed by atoms with E-state index in [1.165, 1.54) is 35.7 Å². The van der Waals surface area contributed by atoms with Gasteiger partial charge in [0.2, 0.25) is 0 Å². The zero-order valence-corrected chi connectivity index (χ0v) is 12.7. The first kappa shape index (κ1) is 15.3. The molecule has 21 heavy (non-hydrogen) atoms. The number of carboxylic acids is 1. The SMILES string of the molecule is CCN(c1cccc(O)c1)S(=O)(=O)c1ccsc1C(=O)O. The number of carboxylic acid groups (broad SMARTS) is 1. The van der Waals surface area contributed by atoms with Crippen molar-refractivity contribution < 1.29 is 23.4 Å². The van der Waals surface area contributed by atoms with Crippen LogP contribution in [0.2, 0.25) is 0 Å². The molecular weight excluding hydrogens is 314 g/mol. The van der Waals surface area contributed by atoms with E-state index in [9.17, 15) is 18.3 Å². The van der Waals surface area contributed by atoms with Crippen molar-refractivity contribution in [3.8, 4) is 5.75 Å². The number of phenols is 1. The Morgan fingerprint density at radius 3 is 2.62 bits per heavy atom. The summed E-state index contributed by atoms with van der Waals surface area (Å²) in [6.45, 7) is 1.75. The maximum atomic E-state index is 12.6. The first-order valence-corrected chi connectivity index (χ1v) is 8.32. The van der Waals surface area contributed by atoms with E-state index in [1.807, 2.05) is 0 Å². The van der Waals surface area contributed by atoms with Gasteiger partial charge in [-0.25, -0.2) is 13.2 Å². The molecule has 0 spiro atoms. The molecule has 1 aromatic carbocycles. The number of thiophene rings is 1. The summed E-state index contributed by atoms with van der Waals surface area (Å²) in [4.78, 5) is 10.6. The van der Waals surface area contributed by atoms with Gasteiger partial charge < -0.3 is 10.2 Å². The number of carbonyl (C=O) groups is 1. The topological polar surface area (TPSA) is 94.9 Å². The molecule has 0 atom stereocenters. The average molecular weight is 327 g/mol. The normalized spacial score (nSPS) is 11.3. The summed E-state index contributed by atoms with van der Waals surface area (Å²) in [5, 5.41) is 20.0. The van der Waals surface area contributed by atoms with Crippen LogP contribution in [0, 0.1) is 0 Å². The fourth-order valence-corrected chi connectivity index (χ4v) is 4.62. The van der Waals surface area contributed by atoms with Gasteiger partial charge in [-0.15, -0.1) is 11.3 Å². The highest BCUT2D eigenvalue weighted by Gasteiger charge is 2.29. The van der Waals surface area contributed by atoms with Crippen LogP contribution in [-0.4, -0.2) is 31.1 Å². The van der Waals surface area contributed by atoms with Gasteiger partial charge in [-0.1, -0.05) is 6.07 Å². The quantitative estimate of drug-likeness (QED) is 0.879. The van der Waals surface area contributed by atoms with Gasteiger partial charge in [0, 0.05) is 12.6 Å². The van der Waals surface area contributed by atoms with Crippen molar-refractivity contribution in [3.63, 3.8) is 0 Å². The third kappa shape index (κ3) is 2.86. The molecule has 0 aliphatic carbocycles. The third-order valence-electron chi connectivity index (χ3n) is 2.80. The molecule has 0 aliphatic rings. The lowest BCUT2D eigenvalue weighted by Gasteiger charge is -2.22. The van der Waals surface area contributed by atoms with Gasteiger partial charge in [0.25, 0.3) is 10.0 Å². The lowest BCUT2D eigenvalue weighted by atomic mass is 10.3. The van der Waals surface area contributed by atoms with Crippen molar-refractivity contribution in [1.29, 1.82) is 0 Å². The van der Waals surface area contributed by atoms with Crippen LogP contribution in [-0.2, 0) is 10.0 Å². The molecule has 2 aromatic rings. The molecule has 0 saturated carbocycles. The van der Waals surface area contributed by atoms with Crippen LogP contribution in [0.1, 0.15) is 16.6 Å². The molecule has 0 amide bonds. The maximum absolute atomic E-state index is 12.6. The van der Waals surface area contributed by atoms with E-state index in [-0.39, 0.29) is 27.8 Å². The summed E-state index contributed by atoms with van der Waals surface area (Å²) >= 11 is 0.856. The van der Waals surface area contributed by atoms with Crippen molar-refractivity contribution in [1.82, 2.24) is 0 Å². The molecule has 0 radical (unpaired) electrons. The van der Waals surface area contributed by atoms with Crippen LogP contribution >= 0.6 is 11.3 Å². The maximum Gasteiger partial charge on any atom is 0.347 e. The van der Waals surface area contributed by atoms with Crippen molar-refractivity contribution in [2.75, 3.05) is 10.8 Å². The van der Waals surface area contributed by atoms with Crippen molar-refractivity contribution in [2.45, 2.75) is 11.8 Å². The number of benzene rings is 1. The molecule has 0 saturated heterocycles. The van der Waals surface area contributed by atoms with Gasteiger partial charge in [0.15, 0.2) is 0 Å². The number of rotatable bonds is 5. The lowest BCUT2D eigenvalue weighted by Crippen LogP contribution is -2.31. The van der Waals surface area contributed by atoms with Gasteiger partial charge in [0.05, 0.1) is 5.69 Å². The number of hydrogen-bond acceptors (Lipinski definition) is 5. The first-order chi connectivity index (χ1) is 9.87. The Kier molecular flexibility index (Phi) is 4.19. The van der Waals surface area contributed by atoms with E-state index in [4.69, 9.17) is 5.11 Å². The second-order valence-electron chi connectivity index (χ2n) is 4.11. The molecule has 1 aromatic heterocycles. The molecule has 6 nitrogen and oxygen atoms in total. The number of aromatic carboxylic acids is 1. The number of sulfonamides is 1. The Hall–Kier alpha value is -2.06. The number of aromatic hydroxyl groups is 1.